The van der Waals surface area contributed by atoms with Gasteiger partial charge < -0.3 is 15.5 Å². The molecule has 10 heteroatoms. The molecule has 1 amide bonds. The minimum atomic E-state index is -4.56. The first-order chi connectivity index (χ1) is 17.6. The molecule has 196 valence electrons. The molecule has 5 rings (SSSR count). The number of amides is 1. The van der Waals surface area contributed by atoms with Gasteiger partial charge in [-0.1, -0.05) is 0 Å². The number of hydrogen-bond donors (Lipinski definition) is 2. The summed E-state index contributed by atoms with van der Waals surface area (Å²) in [7, 11) is 0. The molecule has 4 heterocycles. The third-order valence-corrected chi connectivity index (χ3v) is 7.13. The molecule has 7 nitrogen and oxygen atoms in total. The Kier molecular flexibility index (Phi) is 6.78. The van der Waals surface area contributed by atoms with Crippen LogP contribution < -0.4 is 15.5 Å². The smallest absolute Gasteiger partial charge is 0.369 e. The molecular formula is C27H31F3N6O. The van der Waals surface area contributed by atoms with Gasteiger partial charge in [-0.25, -0.2) is 0 Å². The SMILES string of the molecule is Cc1cc2c(N3CCN[C@@H](C)CC3)c(C(=O)N[C@@H](C)c3ccnc(C(F)(F)F)c3)cnc2c(C2CC2)n1. The van der Waals surface area contributed by atoms with E-state index in [0.29, 0.717) is 23.1 Å². The lowest BCUT2D eigenvalue weighted by atomic mass is 10.0. The van der Waals surface area contributed by atoms with E-state index in [0.717, 1.165) is 79.1 Å². The summed E-state index contributed by atoms with van der Waals surface area (Å²) in [6, 6.07) is 4.15. The lowest BCUT2D eigenvalue weighted by Gasteiger charge is -2.27. The summed E-state index contributed by atoms with van der Waals surface area (Å²) in [5.41, 5.74) is 3.24. The monoisotopic (exact) mass is 512 g/mol. The van der Waals surface area contributed by atoms with Crippen molar-refractivity contribution in [2.24, 2.45) is 0 Å². The fourth-order valence-electron chi connectivity index (χ4n) is 4.95. The van der Waals surface area contributed by atoms with Crippen molar-refractivity contribution in [3.63, 3.8) is 0 Å². The van der Waals surface area contributed by atoms with Gasteiger partial charge in [0.2, 0.25) is 0 Å². The molecular weight excluding hydrogens is 481 g/mol. The number of nitrogens with zero attached hydrogens (tertiary/aromatic N) is 4. The number of halogens is 3. The van der Waals surface area contributed by atoms with E-state index >= 15 is 0 Å². The molecule has 1 saturated carbocycles. The molecule has 0 spiro atoms. The van der Waals surface area contributed by atoms with Crippen LogP contribution in [0.2, 0.25) is 0 Å². The van der Waals surface area contributed by atoms with Crippen LogP contribution in [0.1, 0.15) is 78.1 Å². The Bertz CT molecular complexity index is 1320. The van der Waals surface area contributed by atoms with Crippen molar-refractivity contribution in [1.82, 2.24) is 25.6 Å². The van der Waals surface area contributed by atoms with Crippen LogP contribution in [-0.4, -0.2) is 46.5 Å². The summed E-state index contributed by atoms with van der Waals surface area (Å²) >= 11 is 0. The summed E-state index contributed by atoms with van der Waals surface area (Å²) in [5, 5.41) is 7.28. The van der Waals surface area contributed by atoms with Gasteiger partial charge in [0.15, 0.2) is 0 Å². The van der Waals surface area contributed by atoms with Crippen molar-refractivity contribution < 1.29 is 18.0 Å². The molecule has 3 aromatic rings. The molecule has 0 unspecified atom stereocenters. The van der Waals surface area contributed by atoms with E-state index in [1.165, 1.54) is 6.07 Å². The highest BCUT2D eigenvalue weighted by Gasteiger charge is 2.33. The van der Waals surface area contributed by atoms with E-state index in [4.69, 9.17) is 9.97 Å². The van der Waals surface area contributed by atoms with Gasteiger partial charge in [0.25, 0.3) is 5.91 Å². The minimum absolute atomic E-state index is 0.329. The average molecular weight is 513 g/mol. The molecule has 2 atom stereocenters. The summed E-state index contributed by atoms with van der Waals surface area (Å²) in [6.07, 6.45) is 1.23. The summed E-state index contributed by atoms with van der Waals surface area (Å²) in [5.74, 6) is 0.0118. The van der Waals surface area contributed by atoms with Gasteiger partial charge in [-0.3, -0.25) is 19.7 Å². The molecule has 2 aliphatic rings. The van der Waals surface area contributed by atoms with Crippen molar-refractivity contribution >= 4 is 22.5 Å². The zero-order valence-corrected chi connectivity index (χ0v) is 21.2. The normalized spacial score (nSPS) is 19.5. The third-order valence-electron chi connectivity index (χ3n) is 7.13. The van der Waals surface area contributed by atoms with Crippen LogP contribution in [0, 0.1) is 6.92 Å². The van der Waals surface area contributed by atoms with E-state index in [1.54, 1.807) is 13.1 Å². The molecule has 0 radical (unpaired) electrons. The van der Waals surface area contributed by atoms with Crippen molar-refractivity contribution in [1.29, 1.82) is 0 Å². The Hall–Kier alpha value is -3.27. The quantitative estimate of drug-likeness (QED) is 0.506. The molecule has 1 aliphatic heterocycles. The van der Waals surface area contributed by atoms with Gasteiger partial charge in [0.1, 0.15) is 5.69 Å². The standard InChI is InChI=1S/C27H31F3N6O/c1-15-7-10-36(11-9-31-15)25-20-12-16(2)34-23(18-4-5-18)24(20)33-14-21(25)26(37)35-17(3)19-6-8-32-22(13-19)27(28,29)30/h6,8,12-15,17-18,31H,4-5,7,9-11H2,1-3H3,(H,35,37)/t15-,17-/m0/s1. The second-order valence-electron chi connectivity index (χ2n) is 10.1. The van der Waals surface area contributed by atoms with E-state index < -0.39 is 17.9 Å². The van der Waals surface area contributed by atoms with E-state index in [9.17, 15) is 18.0 Å². The summed E-state index contributed by atoms with van der Waals surface area (Å²) in [6.45, 7) is 8.03. The number of hydrogen-bond acceptors (Lipinski definition) is 6. The lowest BCUT2D eigenvalue weighted by molar-refractivity contribution is -0.141. The fourth-order valence-corrected chi connectivity index (χ4v) is 4.95. The second-order valence-corrected chi connectivity index (χ2v) is 10.1. The Balaban J connectivity index is 1.54. The maximum absolute atomic E-state index is 13.6. The number of aromatic nitrogens is 3. The highest BCUT2D eigenvalue weighted by molar-refractivity contribution is 6.08. The molecule has 37 heavy (non-hydrogen) atoms. The minimum Gasteiger partial charge on any atom is -0.369 e. The maximum atomic E-state index is 13.6. The summed E-state index contributed by atoms with van der Waals surface area (Å²) in [4.78, 5) is 28.8. The van der Waals surface area contributed by atoms with E-state index in [1.807, 2.05) is 13.0 Å². The molecule has 1 saturated heterocycles. The van der Waals surface area contributed by atoms with Crippen LogP contribution >= 0.6 is 0 Å². The first-order valence-corrected chi connectivity index (χ1v) is 12.7. The number of fused-ring (bicyclic) bond motifs is 1. The predicted molar refractivity (Wildman–Crippen MR) is 136 cm³/mol. The van der Waals surface area contributed by atoms with E-state index in [-0.39, 0.29) is 5.91 Å². The Morgan fingerprint density at radius 1 is 1.19 bits per heavy atom. The molecule has 2 N–H and O–H groups in total. The fraction of sp³-hybridized carbons (Fsp3) is 0.481. The topological polar surface area (TPSA) is 83.0 Å². The Labute approximate surface area is 213 Å². The van der Waals surface area contributed by atoms with Crippen LogP contribution in [0.3, 0.4) is 0 Å². The van der Waals surface area contributed by atoms with Crippen LogP contribution in [0.25, 0.3) is 10.9 Å². The van der Waals surface area contributed by atoms with Crippen molar-refractivity contribution in [3.05, 3.63) is 58.8 Å². The highest BCUT2D eigenvalue weighted by Crippen LogP contribution is 2.43. The van der Waals surface area contributed by atoms with Crippen molar-refractivity contribution in [2.75, 3.05) is 24.5 Å². The molecule has 1 aliphatic carbocycles. The number of pyridine rings is 3. The van der Waals surface area contributed by atoms with Gasteiger partial charge in [-0.2, -0.15) is 13.2 Å². The van der Waals surface area contributed by atoms with Crippen LogP contribution in [0.15, 0.2) is 30.6 Å². The number of nitrogens with one attached hydrogen (secondary N) is 2. The van der Waals surface area contributed by atoms with Gasteiger partial charge in [-0.15, -0.1) is 0 Å². The first-order valence-electron chi connectivity index (χ1n) is 12.7. The number of alkyl halides is 3. The van der Waals surface area contributed by atoms with Crippen molar-refractivity contribution in [3.8, 4) is 0 Å². The van der Waals surface area contributed by atoms with Crippen LogP contribution in [-0.2, 0) is 6.18 Å². The Morgan fingerprint density at radius 2 is 1.97 bits per heavy atom. The van der Waals surface area contributed by atoms with Crippen LogP contribution in [0.5, 0.6) is 0 Å². The maximum Gasteiger partial charge on any atom is 0.433 e. The predicted octanol–water partition coefficient (Wildman–Crippen LogP) is 4.91. The summed E-state index contributed by atoms with van der Waals surface area (Å²) < 4.78 is 39.5. The number of aryl methyl sites for hydroxylation is 1. The molecule has 0 aromatic carbocycles. The van der Waals surface area contributed by atoms with E-state index in [2.05, 4.69) is 27.4 Å². The van der Waals surface area contributed by atoms with Gasteiger partial charge in [-0.05, 0) is 63.8 Å². The third kappa shape index (κ3) is 5.39. The average Bonchev–Trinajstić information content (AvgIpc) is 3.71. The lowest BCUT2D eigenvalue weighted by Crippen LogP contribution is -2.33. The number of carbonyl (C=O) groups excluding carboxylic acids is 1. The zero-order valence-electron chi connectivity index (χ0n) is 21.2. The number of carbonyl (C=O) groups is 1. The van der Waals surface area contributed by atoms with Gasteiger partial charge >= 0.3 is 6.18 Å². The largest absolute Gasteiger partial charge is 0.433 e. The number of rotatable bonds is 5. The Morgan fingerprint density at radius 3 is 2.70 bits per heavy atom. The zero-order chi connectivity index (χ0) is 26.3. The highest BCUT2D eigenvalue weighted by atomic mass is 19.4. The molecule has 3 aromatic heterocycles. The van der Waals surface area contributed by atoms with Crippen molar-refractivity contribution in [2.45, 2.75) is 64.2 Å². The van der Waals surface area contributed by atoms with Crippen LogP contribution in [0.4, 0.5) is 18.9 Å². The molecule has 2 fully saturated rings. The molecule has 0 bridgehead atoms. The van der Waals surface area contributed by atoms with Gasteiger partial charge in [0.05, 0.1) is 28.5 Å². The second kappa shape index (κ2) is 9.89. The van der Waals surface area contributed by atoms with Gasteiger partial charge in [0, 0.05) is 55.1 Å². The first kappa shape index (κ1) is 25.4. The number of anilines is 1.